The van der Waals surface area contributed by atoms with Gasteiger partial charge in [0.15, 0.2) is 0 Å². The third kappa shape index (κ3) is 6.25. The number of nitrogens with one attached hydrogen (secondary N) is 1. The fourth-order valence-corrected chi connectivity index (χ4v) is 4.44. The highest BCUT2D eigenvalue weighted by Crippen LogP contribution is 2.28. The molecule has 0 aromatic heterocycles. The standard InChI is InChI=1S/C15H21NO.C8H15NO/c1-3-14-10-16(11-15(14)12(2)17)9-13-7-5-4-6-8-13;1-3-7-4-9-5-8(7)6(2)10/h4-8,14-15H,3,9-11H2,1-2H3;7-9H,3-5H2,1-2H3. The van der Waals surface area contributed by atoms with Gasteiger partial charge in [0.05, 0.1) is 0 Å². The Kier molecular flexibility index (Phi) is 8.65. The van der Waals surface area contributed by atoms with Gasteiger partial charge in [0, 0.05) is 38.0 Å². The van der Waals surface area contributed by atoms with Crippen LogP contribution in [0, 0.1) is 23.7 Å². The second-order valence-corrected chi connectivity index (χ2v) is 8.11. The predicted octanol–water partition coefficient (Wildman–Crippen LogP) is 3.55. The Morgan fingerprint density at radius 2 is 1.56 bits per heavy atom. The molecule has 1 aromatic rings. The topological polar surface area (TPSA) is 49.4 Å². The minimum Gasteiger partial charge on any atom is -0.316 e. The smallest absolute Gasteiger partial charge is 0.134 e. The first-order chi connectivity index (χ1) is 13.0. The first-order valence-electron chi connectivity index (χ1n) is 10.4. The first kappa shape index (κ1) is 21.8. The van der Waals surface area contributed by atoms with Crippen LogP contribution in [0.4, 0.5) is 0 Å². The molecule has 0 radical (unpaired) electrons. The molecule has 27 heavy (non-hydrogen) atoms. The van der Waals surface area contributed by atoms with Gasteiger partial charge in [-0.3, -0.25) is 14.5 Å². The van der Waals surface area contributed by atoms with Crippen molar-refractivity contribution in [2.75, 3.05) is 26.2 Å². The summed E-state index contributed by atoms with van der Waals surface area (Å²) < 4.78 is 0. The Morgan fingerprint density at radius 1 is 0.926 bits per heavy atom. The van der Waals surface area contributed by atoms with Gasteiger partial charge in [-0.2, -0.15) is 0 Å². The quantitative estimate of drug-likeness (QED) is 0.830. The van der Waals surface area contributed by atoms with Gasteiger partial charge in [0.25, 0.3) is 0 Å². The summed E-state index contributed by atoms with van der Waals surface area (Å²) >= 11 is 0. The fraction of sp³-hybridized carbons (Fsp3) is 0.652. The summed E-state index contributed by atoms with van der Waals surface area (Å²) in [5.41, 5.74) is 1.34. The second-order valence-electron chi connectivity index (χ2n) is 8.11. The average Bonchev–Trinajstić information content (AvgIpc) is 3.29. The molecule has 1 N–H and O–H groups in total. The van der Waals surface area contributed by atoms with Crippen LogP contribution in [0.5, 0.6) is 0 Å². The van der Waals surface area contributed by atoms with Gasteiger partial charge in [0.1, 0.15) is 11.6 Å². The van der Waals surface area contributed by atoms with Crippen molar-refractivity contribution in [1.82, 2.24) is 10.2 Å². The molecule has 0 amide bonds. The highest BCUT2D eigenvalue weighted by Gasteiger charge is 2.34. The summed E-state index contributed by atoms with van der Waals surface area (Å²) in [5, 5.41) is 3.23. The maximum atomic E-state index is 11.6. The van der Waals surface area contributed by atoms with Crippen molar-refractivity contribution in [2.24, 2.45) is 23.7 Å². The van der Waals surface area contributed by atoms with Crippen LogP contribution in [-0.2, 0) is 16.1 Å². The van der Waals surface area contributed by atoms with Crippen LogP contribution in [0.15, 0.2) is 30.3 Å². The van der Waals surface area contributed by atoms with Crippen molar-refractivity contribution < 1.29 is 9.59 Å². The Hall–Kier alpha value is -1.52. The third-order valence-electron chi connectivity index (χ3n) is 6.20. The maximum Gasteiger partial charge on any atom is 0.134 e. The molecule has 2 fully saturated rings. The first-order valence-corrected chi connectivity index (χ1v) is 10.4. The fourth-order valence-electron chi connectivity index (χ4n) is 4.44. The van der Waals surface area contributed by atoms with Crippen molar-refractivity contribution in [3.63, 3.8) is 0 Å². The van der Waals surface area contributed by atoms with Gasteiger partial charge in [-0.15, -0.1) is 0 Å². The van der Waals surface area contributed by atoms with Crippen LogP contribution in [0.1, 0.15) is 46.1 Å². The van der Waals surface area contributed by atoms with Crippen LogP contribution in [-0.4, -0.2) is 42.6 Å². The molecule has 2 saturated heterocycles. The van der Waals surface area contributed by atoms with Crippen LogP contribution in [0.25, 0.3) is 0 Å². The van der Waals surface area contributed by atoms with Crippen LogP contribution in [0.3, 0.4) is 0 Å². The summed E-state index contributed by atoms with van der Waals surface area (Å²) in [6.07, 6.45) is 2.23. The van der Waals surface area contributed by atoms with E-state index in [-0.39, 0.29) is 5.92 Å². The number of rotatable bonds is 6. The van der Waals surface area contributed by atoms with Gasteiger partial charge in [0.2, 0.25) is 0 Å². The van der Waals surface area contributed by atoms with Crippen LogP contribution >= 0.6 is 0 Å². The van der Waals surface area contributed by atoms with Gasteiger partial charge < -0.3 is 5.32 Å². The lowest BCUT2D eigenvalue weighted by Crippen LogP contribution is -2.22. The summed E-state index contributed by atoms with van der Waals surface area (Å²) in [6, 6.07) is 10.5. The zero-order chi connectivity index (χ0) is 19.8. The summed E-state index contributed by atoms with van der Waals surface area (Å²) in [4.78, 5) is 25.0. The number of carbonyl (C=O) groups excluding carboxylic acids is 2. The van der Waals surface area contributed by atoms with Gasteiger partial charge in [-0.25, -0.2) is 0 Å². The summed E-state index contributed by atoms with van der Waals surface area (Å²) in [7, 11) is 0. The van der Waals surface area contributed by atoms with Crippen molar-refractivity contribution in [3.8, 4) is 0 Å². The number of Topliss-reactive ketones (excluding diaryl/α,β-unsaturated/α-hetero) is 2. The van der Waals surface area contributed by atoms with Crippen LogP contribution < -0.4 is 5.32 Å². The number of hydrogen-bond donors (Lipinski definition) is 1. The lowest BCUT2D eigenvalue weighted by molar-refractivity contribution is -0.122. The SMILES string of the molecule is CCC1CN(Cc2ccccc2)CC1C(C)=O.CCC1CNCC1C(C)=O. The van der Waals surface area contributed by atoms with Gasteiger partial charge in [-0.05, 0) is 37.8 Å². The molecule has 0 bridgehead atoms. The summed E-state index contributed by atoms with van der Waals surface area (Å²) in [5.74, 6) is 2.40. The molecule has 2 heterocycles. The average molecular weight is 373 g/mol. The number of hydrogen-bond acceptors (Lipinski definition) is 4. The number of likely N-dealkylation sites (tertiary alicyclic amines) is 1. The lowest BCUT2D eigenvalue weighted by Gasteiger charge is -2.15. The number of ketones is 2. The van der Waals surface area contributed by atoms with E-state index in [0.717, 1.165) is 45.6 Å². The minimum absolute atomic E-state index is 0.253. The molecular weight excluding hydrogens is 336 g/mol. The van der Waals surface area contributed by atoms with Crippen molar-refractivity contribution in [3.05, 3.63) is 35.9 Å². The molecule has 0 saturated carbocycles. The molecule has 4 unspecified atom stereocenters. The van der Waals surface area contributed by atoms with E-state index in [9.17, 15) is 9.59 Å². The van der Waals surface area contributed by atoms with E-state index in [0.29, 0.717) is 29.3 Å². The number of nitrogens with zero attached hydrogens (tertiary/aromatic N) is 1. The molecule has 4 heteroatoms. The second kappa shape index (κ2) is 10.7. The van der Waals surface area contributed by atoms with E-state index >= 15 is 0 Å². The zero-order valence-corrected chi connectivity index (χ0v) is 17.4. The van der Waals surface area contributed by atoms with Crippen molar-refractivity contribution >= 4 is 11.6 Å². The molecule has 3 rings (SSSR count). The Labute approximate surface area is 164 Å². The highest BCUT2D eigenvalue weighted by atomic mass is 16.1. The van der Waals surface area contributed by atoms with Crippen LogP contribution in [0.2, 0.25) is 0 Å². The van der Waals surface area contributed by atoms with Crippen molar-refractivity contribution in [1.29, 1.82) is 0 Å². The third-order valence-corrected chi connectivity index (χ3v) is 6.20. The van der Waals surface area contributed by atoms with Gasteiger partial charge >= 0.3 is 0 Å². The zero-order valence-electron chi connectivity index (χ0n) is 17.4. The largest absolute Gasteiger partial charge is 0.316 e. The predicted molar refractivity (Wildman–Crippen MR) is 110 cm³/mol. The molecule has 4 nitrogen and oxygen atoms in total. The summed E-state index contributed by atoms with van der Waals surface area (Å²) in [6.45, 7) is 12.7. The number of benzene rings is 1. The molecule has 4 atom stereocenters. The molecule has 2 aliphatic rings. The highest BCUT2D eigenvalue weighted by molar-refractivity contribution is 5.79. The monoisotopic (exact) mass is 372 g/mol. The number of carbonyl (C=O) groups is 2. The minimum atomic E-state index is 0.253. The van der Waals surface area contributed by atoms with E-state index in [4.69, 9.17) is 0 Å². The molecule has 1 aromatic carbocycles. The maximum absolute atomic E-state index is 11.6. The van der Waals surface area contributed by atoms with E-state index in [1.54, 1.807) is 13.8 Å². The Bertz CT molecular complexity index is 602. The molecule has 150 valence electrons. The molecule has 2 aliphatic heterocycles. The lowest BCUT2D eigenvalue weighted by atomic mass is 9.91. The molecule has 0 aliphatic carbocycles. The Morgan fingerprint density at radius 3 is 2.04 bits per heavy atom. The van der Waals surface area contributed by atoms with Gasteiger partial charge in [-0.1, -0.05) is 57.0 Å². The normalized spacial score (nSPS) is 27.9. The molecule has 0 spiro atoms. The van der Waals surface area contributed by atoms with E-state index < -0.39 is 0 Å². The Balaban J connectivity index is 0.000000223. The van der Waals surface area contributed by atoms with E-state index in [1.165, 1.54) is 5.56 Å². The molecular formula is C23H36N2O2. The van der Waals surface area contributed by atoms with E-state index in [1.807, 2.05) is 6.07 Å². The van der Waals surface area contributed by atoms with Crippen molar-refractivity contribution in [2.45, 2.75) is 47.1 Å². The van der Waals surface area contributed by atoms with E-state index in [2.05, 4.69) is 48.3 Å².